The van der Waals surface area contributed by atoms with Gasteiger partial charge in [-0.25, -0.2) is 0 Å². The third-order valence-electron chi connectivity index (χ3n) is 2.71. The molecule has 0 radical (unpaired) electrons. The molecule has 1 aromatic rings. The molecule has 0 amide bonds. The lowest BCUT2D eigenvalue weighted by molar-refractivity contribution is -0.384. The summed E-state index contributed by atoms with van der Waals surface area (Å²) in [7, 11) is 1.41. The van der Waals surface area contributed by atoms with Crippen molar-refractivity contribution in [2.45, 2.75) is 5.54 Å². The van der Waals surface area contributed by atoms with E-state index in [2.05, 4.69) is 5.32 Å². The fourth-order valence-electron chi connectivity index (χ4n) is 1.46. The molecule has 8 heteroatoms. The van der Waals surface area contributed by atoms with Gasteiger partial charge in [-0.05, 0) is 6.07 Å². The van der Waals surface area contributed by atoms with Crippen LogP contribution < -0.4 is 10.1 Å². The number of nitro benzene ring substituents is 1. The van der Waals surface area contributed by atoms with Crippen molar-refractivity contribution in [3.8, 4) is 5.75 Å². The Morgan fingerprint density at radius 1 is 1.32 bits per heavy atom. The first-order valence-electron chi connectivity index (χ1n) is 5.45. The van der Waals surface area contributed by atoms with E-state index in [-0.39, 0.29) is 11.4 Å². The van der Waals surface area contributed by atoms with Gasteiger partial charge in [-0.15, -0.1) is 0 Å². The first-order valence-corrected chi connectivity index (χ1v) is 5.45. The fourth-order valence-corrected chi connectivity index (χ4v) is 1.46. The second kappa shape index (κ2) is 6.32. The Morgan fingerprint density at radius 3 is 2.32 bits per heavy atom. The summed E-state index contributed by atoms with van der Waals surface area (Å²) in [4.78, 5) is 10.3. The number of nitrogens with zero attached hydrogens (tertiary/aromatic N) is 1. The number of nitrogens with one attached hydrogen (secondary N) is 1. The molecule has 0 aliphatic heterocycles. The zero-order valence-electron chi connectivity index (χ0n) is 10.4. The fraction of sp³-hybridized carbons (Fsp3) is 0.455. The molecule has 0 spiro atoms. The van der Waals surface area contributed by atoms with Crippen molar-refractivity contribution < 1.29 is 25.0 Å². The van der Waals surface area contributed by atoms with E-state index in [1.54, 1.807) is 0 Å². The average molecular weight is 272 g/mol. The van der Waals surface area contributed by atoms with E-state index in [4.69, 9.17) is 4.74 Å². The average Bonchev–Trinajstić information content (AvgIpc) is 2.44. The van der Waals surface area contributed by atoms with Crippen molar-refractivity contribution in [3.05, 3.63) is 28.3 Å². The molecule has 0 heterocycles. The molecule has 4 N–H and O–H groups in total. The number of anilines is 1. The van der Waals surface area contributed by atoms with Gasteiger partial charge in [-0.2, -0.15) is 0 Å². The van der Waals surface area contributed by atoms with Crippen LogP contribution in [0.4, 0.5) is 11.4 Å². The number of methoxy groups -OCH3 is 1. The maximum atomic E-state index is 10.9. The lowest BCUT2D eigenvalue weighted by atomic mass is 10.0. The van der Waals surface area contributed by atoms with E-state index in [1.165, 1.54) is 25.3 Å². The van der Waals surface area contributed by atoms with Gasteiger partial charge in [0.15, 0.2) is 0 Å². The highest BCUT2D eigenvalue weighted by molar-refractivity contribution is 5.65. The van der Waals surface area contributed by atoms with Crippen molar-refractivity contribution in [1.82, 2.24) is 0 Å². The molecule has 106 valence electrons. The molecule has 0 atom stereocenters. The summed E-state index contributed by atoms with van der Waals surface area (Å²) in [6.07, 6.45) is 0. The van der Waals surface area contributed by atoms with Crippen molar-refractivity contribution in [1.29, 1.82) is 0 Å². The number of hydrogen-bond donors (Lipinski definition) is 4. The Kier molecular flexibility index (Phi) is 5.04. The second-order valence-corrected chi connectivity index (χ2v) is 4.02. The van der Waals surface area contributed by atoms with Crippen LogP contribution in [0, 0.1) is 10.1 Å². The lowest BCUT2D eigenvalue weighted by Gasteiger charge is -2.29. The summed E-state index contributed by atoms with van der Waals surface area (Å²) in [6.45, 7) is -1.77. The van der Waals surface area contributed by atoms with Crippen LogP contribution in [0.2, 0.25) is 0 Å². The Hall–Kier alpha value is -1.90. The molecule has 0 saturated heterocycles. The zero-order valence-corrected chi connectivity index (χ0v) is 10.4. The van der Waals surface area contributed by atoms with Gasteiger partial charge in [-0.1, -0.05) is 0 Å². The molecule has 1 rings (SSSR count). The van der Waals surface area contributed by atoms with Crippen LogP contribution in [0.3, 0.4) is 0 Å². The Labute approximate surface area is 109 Å². The zero-order chi connectivity index (χ0) is 14.5. The minimum atomic E-state index is -1.45. The quantitative estimate of drug-likeness (QED) is 0.397. The van der Waals surface area contributed by atoms with E-state index >= 15 is 0 Å². The minimum Gasteiger partial charge on any atom is -0.497 e. The molecule has 0 aromatic heterocycles. The summed E-state index contributed by atoms with van der Waals surface area (Å²) >= 11 is 0. The van der Waals surface area contributed by atoms with Crippen LogP contribution in [0.25, 0.3) is 0 Å². The van der Waals surface area contributed by atoms with Gasteiger partial charge < -0.3 is 25.4 Å². The van der Waals surface area contributed by atoms with E-state index in [1.807, 2.05) is 0 Å². The maximum absolute atomic E-state index is 10.9. The van der Waals surface area contributed by atoms with Crippen molar-refractivity contribution >= 4 is 11.4 Å². The van der Waals surface area contributed by atoms with Gasteiger partial charge in [0.25, 0.3) is 5.69 Å². The van der Waals surface area contributed by atoms with E-state index < -0.39 is 30.3 Å². The number of nitro groups is 1. The summed E-state index contributed by atoms with van der Waals surface area (Å²) in [5.74, 6) is 0.371. The maximum Gasteiger partial charge on any atom is 0.292 e. The highest BCUT2D eigenvalue weighted by Gasteiger charge is 2.30. The smallest absolute Gasteiger partial charge is 0.292 e. The molecule has 0 aliphatic carbocycles. The van der Waals surface area contributed by atoms with Crippen LogP contribution in [-0.4, -0.2) is 52.7 Å². The van der Waals surface area contributed by atoms with Crippen molar-refractivity contribution in [3.63, 3.8) is 0 Å². The molecule has 1 aromatic carbocycles. The van der Waals surface area contributed by atoms with Crippen LogP contribution >= 0.6 is 0 Å². The molecular weight excluding hydrogens is 256 g/mol. The monoisotopic (exact) mass is 272 g/mol. The van der Waals surface area contributed by atoms with E-state index in [0.29, 0.717) is 5.75 Å². The van der Waals surface area contributed by atoms with Gasteiger partial charge in [0, 0.05) is 12.1 Å². The van der Waals surface area contributed by atoms with E-state index in [9.17, 15) is 25.4 Å². The predicted molar refractivity (Wildman–Crippen MR) is 67.3 cm³/mol. The number of benzene rings is 1. The Morgan fingerprint density at radius 2 is 1.89 bits per heavy atom. The topological polar surface area (TPSA) is 125 Å². The molecular formula is C11H16N2O6. The number of rotatable bonds is 7. The summed E-state index contributed by atoms with van der Waals surface area (Å²) in [5.41, 5.74) is -1.65. The van der Waals surface area contributed by atoms with Crippen LogP contribution in [-0.2, 0) is 0 Å². The van der Waals surface area contributed by atoms with Crippen molar-refractivity contribution in [2.24, 2.45) is 0 Å². The number of aliphatic hydroxyl groups excluding tert-OH is 3. The first-order chi connectivity index (χ1) is 9.01. The van der Waals surface area contributed by atoms with Gasteiger partial charge in [-0.3, -0.25) is 10.1 Å². The SMILES string of the molecule is COc1ccc([N+](=O)[O-])c(NC(CO)(CO)CO)c1. The van der Waals surface area contributed by atoms with Crippen LogP contribution in [0.5, 0.6) is 5.75 Å². The number of hydrogen-bond acceptors (Lipinski definition) is 7. The summed E-state index contributed by atoms with van der Waals surface area (Å²) < 4.78 is 4.95. The highest BCUT2D eigenvalue weighted by atomic mass is 16.6. The van der Waals surface area contributed by atoms with Gasteiger partial charge in [0.1, 0.15) is 17.0 Å². The molecule has 0 saturated carbocycles. The standard InChI is InChI=1S/C11H16N2O6/c1-19-8-2-3-10(13(17)18)9(4-8)12-11(5-14,6-15)7-16/h2-4,12,14-16H,5-7H2,1H3. The third-order valence-corrected chi connectivity index (χ3v) is 2.71. The molecule has 0 aliphatic rings. The molecule has 0 unspecified atom stereocenters. The highest BCUT2D eigenvalue weighted by Crippen LogP contribution is 2.30. The van der Waals surface area contributed by atoms with E-state index in [0.717, 1.165) is 0 Å². The summed E-state index contributed by atoms with van der Waals surface area (Å²) in [5, 5.41) is 41.1. The van der Waals surface area contributed by atoms with Crippen LogP contribution in [0.15, 0.2) is 18.2 Å². The molecule has 8 nitrogen and oxygen atoms in total. The molecule has 0 fully saturated rings. The number of ether oxygens (including phenoxy) is 1. The third kappa shape index (κ3) is 3.31. The van der Waals surface area contributed by atoms with Crippen LogP contribution in [0.1, 0.15) is 0 Å². The molecule has 0 bridgehead atoms. The summed E-state index contributed by atoms with van der Waals surface area (Å²) in [6, 6.07) is 4.01. The van der Waals surface area contributed by atoms with Crippen molar-refractivity contribution in [2.75, 3.05) is 32.2 Å². The van der Waals surface area contributed by atoms with Gasteiger partial charge in [0.2, 0.25) is 0 Å². The van der Waals surface area contributed by atoms with Gasteiger partial charge >= 0.3 is 0 Å². The second-order valence-electron chi connectivity index (χ2n) is 4.02. The lowest BCUT2D eigenvalue weighted by Crippen LogP contribution is -2.49. The Balaban J connectivity index is 3.19. The molecule has 19 heavy (non-hydrogen) atoms. The largest absolute Gasteiger partial charge is 0.497 e. The first kappa shape index (κ1) is 15.2. The predicted octanol–water partition coefficient (Wildman–Crippen LogP) is -0.269. The normalized spacial score (nSPS) is 11.2. The number of aliphatic hydroxyl groups is 3. The van der Waals surface area contributed by atoms with Gasteiger partial charge in [0.05, 0.1) is 31.9 Å². The minimum absolute atomic E-state index is 0.0431. The Bertz CT molecular complexity index is 439.